The van der Waals surface area contributed by atoms with Crippen molar-refractivity contribution >= 4 is 0 Å². The molecule has 0 radical (unpaired) electrons. The second kappa shape index (κ2) is 6.67. The van der Waals surface area contributed by atoms with E-state index in [0.717, 1.165) is 39.1 Å². The number of hydrogen-bond acceptors (Lipinski definition) is 5. The Morgan fingerprint density at radius 1 is 1.45 bits per heavy atom. The van der Waals surface area contributed by atoms with E-state index in [4.69, 9.17) is 10.6 Å². The lowest BCUT2D eigenvalue weighted by Crippen LogP contribution is -2.61. The lowest BCUT2D eigenvalue weighted by atomic mass is 9.88. The molecular weight excluding hydrogens is 254 g/mol. The van der Waals surface area contributed by atoms with Crippen molar-refractivity contribution in [1.29, 1.82) is 0 Å². The quantitative estimate of drug-likeness (QED) is 0.580. The average Bonchev–Trinajstić information content (AvgIpc) is 2.86. The van der Waals surface area contributed by atoms with Crippen LogP contribution in [0.2, 0.25) is 0 Å². The van der Waals surface area contributed by atoms with Crippen LogP contribution in [0.1, 0.15) is 25.8 Å². The molecule has 1 aromatic heterocycles. The van der Waals surface area contributed by atoms with E-state index in [-0.39, 0.29) is 11.6 Å². The van der Waals surface area contributed by atoms with Crippen LogP contribution in [0.3, 0.4) is 0 Å². The Labute approximate surface area is 121 Å². The minimum atomic E-state index is 0.0146. The summed E-state index contributed by atoms with van der Waals surface area (Å²) in [5, 5.41) is 4.21. The van der Waals surface area contributed by atoms with Gasteiger partial charge in [0.25, 0.3) is 0 Å². The Morgan fingerprint density at radius 2 is 2.15 bits per heavy atom. The van der Waals surface area contributed by atoms with Crippen LogP contribution in [0.15, 0.2) is 12.4 Å². The van der Waals surface area contributed by atoms with Crippen LogP contribution in [0, 0.1) is 0 Å². The largest absolute Gasteiger partial charge is 0.379 e. The van der Waals surface area contributed by atoms with Gasteiger partial charge in [-0.25, -0.2) is 0 Å². The molecule has 114 valence electrons. The SMILES string of the molecule is Cn1cc(CCC(NN)C(C)(C)N2CCOCC2)cn1. The summed E-state index contributed by atoms with van der Waals surface area (Å²) in [5.74, 6) is 5.81. The average molecular weight is 281 g/mol. The molecule has 0 amide bonds. The fourth-order valence-corrected chi connectivity index (χ4v) is 2.91. The standard InChI is InChI=1S/C14H27N5O/c1-14(2,19-6-8-20-9-7-19)13(17-15)5-4-12-10-16-18(3)11-12/h10-11,13,17H,4-9,15H2,1-3H3. The Hall–Kier alpha value is -0.950. The molecule has 0 spiro atoms. The number of hydrogen-bond donors (Lipinski definition) is 2. The summed E-state index contributed by atoms with van der Waals surface area (Å²) in [5.41, 5.74) is 4.28. The van der Waals surface area contributed by atoms with Gasteiger partial charge >= 0.3 is 0 Å². The zero-order chi connectivity index (χ0) is 14.6. The zero-order valence-electron chi connectivity index (χ0n) is 12.8. The Kier molecular flexibility index (Phi) is 5.15. The maximum absolute atomic E-state index is 5.81. The molecule has 1 saturated heterocycles. The highest BCUT2D eigenvalue weighted by Gasteiger charge is 2.35. The van der Waals surface area contributed by atoms with E-state index in [1.165, 1.54) is 5.56 Å². The van der Waals surface area contributed by atoms with Gasteiger partial charge in [-0.3, -0.25) is 20.9 Å². The summed E-state index contributed by atoms with van der Waals surface area (Å²) in [6.07, 6.45) is 5.97. The molecule has 1 aliphatic rings. The van der Waals surface area contributed by atoms with Gasteiger partial charge in [0, 0.05) is 37.9 Å². The molecule has 1 unspecified atom stereocenters. The van der Waals surface area contributed by atoms with Crippen LogP contribution in [-0.2, 0) is 18.2 Å². The van der Waals surface area contributed by atoms with Gasteiger partial charge in [0.2, 0.25) is 0 Å². The first-order chi connectivity index (χ1) is 9.54. The van der Waals surface area contributed by atoms with Crippen molar-refractivity contribution in [2.24, 2.45) is 12.9 Å². The molecule has 2 rings (SSSR count). The summed E-state index contributed by atoms with van der Waals surface area (Å²) < 4.78 is 7.28. The molecule has 6 nitrogen and oxygen atoms in total. The highest BCUT2D eigenvalue weighted by molar-refractivity contribution is 5.05. The molecule has 0 aliphatic carbocycles. The number of morpholine rings is 1. The lowest BCUT2D eigenvalue weighted by molar-refractivity contribution is -0.0243. The molecule has 1 fully saturated rings. The molecule has 0 bridgehead atoms. The monoisotopic (exact) mass is 281 g/mol. The first kappa shape index (κ1) is 15.4. The number of nitrogens with two attached hydrogens (primary N) is 1. The van der Waals surface area contributed by atoms with E-state index >= 15 is 0 Å². The lowest BCUT2D eigenvalue weighted by Gasteiger charge is -2.45. The van der Waals surface area contributed by atoms with Crippen molar-refractivity contribution in [2.75, 3.05) is 26.3 Å². The van der Waals surface area contributed by atoms with Crippen molar-refractivity contribution < 1.29 is 4.74 Å². The van der Waals surface area contributed by atoms with Gasteiger partial charge in [-0.05, 0) is 32.3 Å². The molecule has 1 aromatic rings. The van der Waals surface area contributed by atoms with Crippen molar-refractivity contribution in [1.82, 2.24) is 20.1 Å². The first-order valence-corrected chi connectivity index (χ1v) is 7.30. The number of aryl methyl sites for hydroxylation is 2. The fraction of sp³-hybridized carbons (Fsp3) is 0.786. The zero-order valence-corrected chi connectivity index (χ0v) is 12.8. The summed E-state index contributed by atoms with van der Waals surface area (Å²) >= 11 is 0. The Bertz CT molecular complexity index is 411. The maximum Gasteiger partial charge on any atom is 0.0594 e. The Balaban J connectivity index is 1.95. The van der Waals surface area contributed by atoms with Gasteiger partial charge in [0.05, 0.1) is 19.4 Å². The summed E-state index contributed by atoms with van der Waals surface area (Å²) in [6.45, 7) is 8.07. The Morgan fingerprint density at radius 3 is 2.70 bits per heavy atom. The first-order valence-electron chi connectivity index (χ1n) is 7.30. The second-order valence-corrected chi connectivity index (χ2v) is 6.03. The molecule has 0 saturated carbocycles. The van der Waals surface area contributed by atoms with Gasteiger partial charge in [-0.1, -0.05) is 0 Å². The molecule has 6 heteroatoms. The minimum absolute atomic E-state index is 0.0146. The van der Waals surface area contributed by atoms with E-state index in [0.29, 0.717) is 0 Å². The molecular formula is C14H27N5O. The van der Waals surface area contributed by atoms with Gasteiger partial charge in [0.1, 0.15) is 0 Å². The van der Waals surface area contributed by atoms with Crippen LogP contribution < -0.4 is 11.3 Å². The summed E-state index contributed by atoms with van der Waals surface area (Å²) in [6, 6.07) is 0.237. The number of aromatic nitrogens is 2. The predicted octanol–water partition coefficient (Wildman–Crippen LogP) is 0.295. The van der Waals surface area contributed by atoms with Crippen LogP contribution in [0.4, 0.5) is 0 Å². The third kappa shape index (κ3) is 3.58. The van der Waals surface area contributed by atoms with Crippen LogP contribution in [-0.4, -0.2) is 52.6 Å². The third-order valence-electron chi connectivity index (χ3n) is 4.36. The molecule has 3 N–H and O–H groups in total. The summed E-state index contributed by atoms with van der Waals surface area (Å²) in [7, 11) is 1.94. The van der Waals surface area contributed by atoms with Gasteiger partial charge in [-0.15, -0.1) is 0 Å². The van der Waals surface area contributed by atoms with Crippen molar-refractivity contribution in [3.63, 3.8) is 0 Å². The number of rotatable bonds is 6. The van der Waals surface area contributed by atoms with Gasteiger partial charge < -0.3 is 4.74 Å². The normalized spacial score (nSPS) is 19.2. The highest BCUT2D eigenvalue weighted by Crippen LogP contribution is 2.23. The number of nitrogens with one attached hydrogen (secondary N) is 1. The smallest absolute Gasteiger partial charge is 0.0594 e. The van der Waals surface area contributed by atoms with Crippen molar-refractivity contribution in [3.8, 4) is 0 Å². The fourth-order valence-electron chi connectivity index (χ4n) is 2.91. The van der Waals surface area contributed by atoms with E-state index in [1.54, 1.807) is 0 Å². The van der Waals surface area contributed by atoms with E-state index < -0.39 is 0 Å². The number of nitrogens with zero attached hydrogens (tertiary/aromatic N) is 3. The van der Waals surface area contributed by atoms with Gasteiger partial charge in [0.15, 0.2) is 0 Å². The number of hydrazine groups is 1. The van der Waals surface area contributed by atoms with Crippen LogP contribution in [0.25, 0.3) is 0 Å². The number of ether oxygens (including phenoxy) is 1. The molecule has 0 aromatic carbocycles. The molecule has 2 heterocycles. The van der Waals surface area contributed by atoms with Gasteiger partial charge in [-0.2, -0.15) is 5.10 Å². The van der Waals surface area contributed by atoms with Crippen LogP contribution in [0.5, 0.6) is 0 Å². The van der Waals surface area contributed by atoms with E-state index in [2.05, 4.69) is 35.5 Å². The third-order valence-corrected chi connectivity index (χ3v) is 4.36. The maximum atomic E-state index is 5.81. The molecule has 1 aliphatic heterocycles. The van der Waals surface area contributed by atoms with Crippen molar-refractivity contribution in [2.45, 2.75) is 38.3 Å². The molecule has 1 atom stereocenters. The highest BCUT2D eigenvalue weighted by atomic mass is 16.5. The minimum Gasteiger partial charge on any atom is -0.379 e. The van der Waals surface area contributed by atoms with Crippen molar-refractivity contribution in [3.05, 3.63) is 18.0 Å². The second-order valence-electron chi connectivity index (χ2n) is 6.03. The predicted molar refractivity (Wildman–Crippen MR) is 79.1 cm³/mol. The summed E-state index contributed by atoms with van der Waals surface area (Å²) in [4.78, 5) is 2.46. The van der Waals surface area contributed by atoms with Crippen LogP contribution >= 0.6 is 0 Å². The topological polar surface area (TPSA) is 68.3 Å². The van der Waals surface area contributed by atoms with E-state index in [1.807, 2.05) is 17.9 Å². The molecule has 20 heavy (non-hydrogen) atoms. The van der Waals surface area contributed by atoms with E-state index in [9.17, 15) is 0 Å².